The van der Waals surface area contributed by atoms with Gasteiger partial charge in [-0.05, 0) is 30.3 Å². The van der Waals surface area contributed by atoms with E-state index >= 15 is 0 Å². The van der Waals surface area contributed by atoms with Crippen LogP contribution in [0.1, 0.15) is 15.4 Å². The van der Waals surface area contributed by atoms with Crippen LogP contribution in [0, 0.1) is 0 Å². The normalized spacial score (nSPS) is 12.2. The zero-order chi connectivity index (χ0) is 17.1. The third kappa shape index (κ3) is 3.75. The molecule has 2 heterocycles. The third-order valence-electron chi connectivity index (χ3n) is 3.43. The molecule has 0 atom stereocenters. The molecule has 25 heavy (non-hydrogen) atoms. The molecule has 126 valence electrons. The number of nitrogens with zero attached hydrogens (tertiary/aromatic N) is 2. The van der Waals surface area contributed by atoms with E-state index in [0.717, 1.165) is 5.01 Å². The van der Waals surface area contributed by atoms with Gasteiger partial charge in [0, 0.05) is 10.5 Å². The SMILES string of the molecule is O=C(Nc1nnc(CSc2ccccc2)s1)c1ccc2c(c1)OCO2. The number of ether oxygens (including phenoxy) is 2. The highest BCUT2D eigenvalue weighted by molar-refractivity contribution is 7.98. The molecule has 0 bridgehead atoms. The lowest BCUT2D eigenvalue weighted by Crippen LogP contribution is -2.11. The molecular weight excluding hydrogens is 358 g/mol. The first-order valence-electron chi connectivity index (χ1n) is 7.49. The van der Waals surface area contributed by atoms with E-state index < -0.39 is 0 Å². The topological polar surface area (TPSA) is 73.3 Å². The molecule has 0 saturated carbocycles. The van der Waals surface area contributed by atoms with Crippen LogP contribution >= 0.6 is 23.1 Å². The molecule has 4 rings (SSSR count). The number of amides is 1. The van der Waals surface area contributed by atoms with E-state index in [9.17, 15) is 4.79 Å². The van der Waals surface area contributed by atoms with Crippen molar-refractivity contribution in [3.05, 3.63) is 59.1 Å². The Kier molecular flexibility index (Phi) is 4.53. The first-order chi connectivity index (χ1) is 12.3. The van der Waals surface area contributed by atoms with Gasteiger partial charge < -0.3 is 9.47 Å². The van der Waals surface area contributed by atoms with Crippen molar-refractivity contribution < 1.29 is 14.3 Å². The Morgan fingerprint density at radius 1 is 1.12 bits per heavy atom. The summed E-state index contributed by atoms with van der Waals surface area (Å²) in [5.74, 6) is 1.68. The second-order valence-corrected chi connectivity index (χ2v) is 7.24. The van der Waals surface area contributed by atoms with Gasteiger partial charge in [0.05, 0.1) is 5.75 Å². The average molecular weight is 371 g/mol. The standard InChI is InChI=1S/C17H13N3O3S2/c21-16(11-6-7-13-14(8-11)23-10-22-13)18-17-20-19-15(25-17)9-24-12-4-2-1-3-5-12/h1-8H,9-10H2,(H,18,20,21). The van der Waals surface area contributed by atoms with Crippen LogP contribution in [0.3, 0.4) is 0 Å². The number of hydrogen-bond acceptors (Lipinski definition) is 7. The van der Waals surface area contributed by atoms with Gasteiger partial charge in [0.25, 0.3) is 5.91 Å². The molecule has 0 saturated heterocycles. The highest BCUT2D eigenvalue weighted by Crippen LogP contribution is 2.33. The first-order valence-corrected chi connectivity index (χ1v) is 9.29. The highest BCUT2D eigenvalue weighted by atomic mass is 32.2. The van der Waals surface area contributed by atoms with E-state index in [1.165, 1.54) is 16.2 Å². The Hall–Kier alpha value is -2.58. The number of thioether (sulfide) groups is 1. The lowest BCUT2D eigenvalue weighted by molar-refractivity contribution is 0.102. The maximum Gasteiger partial charge on any atom is 0.257 e. The van der Waals surface area contributed by atoms with E-state index in [1.807, 2.05) is 30.3 Å². The summed E-state index contributed by atoms with van der Waals surface area (Å²) in [6.45, 7) is 0.180. The molecule has 1 aliphatic rings. The van der Waals surface area contributed by atoms with Crippen LogP contribution in [0.5, 0.6) is 11.5 Å². The molecule has 1 aromatic heterocycles. The Morgan fingerprint density at radius 3 is 2.84 bits per heavy atom. The van der Waals surface area contributed by atoms with Crippen molar-refractivity contribution >= 4 is 34.1 Å². The zero-order valence-electron chi connectivity index (χ0n) is 13.0. The van der Waals surface area contributed by atoms with Crippen molar-refractivity contribution in [3.63, 3.8) is 0 Å². The van der Waals surface area contributed by atoms with Gasteiger partial charge in [0.2, 0.25) is 11.9 Å². The van der Waals surface area contributed by atoms with Gasteiger partial charge in [-0.25, -0.2) is 0 Å². The number of benzene rings is 2. The lowest BCUT2D eigenvalue weighted by Gasteiger charge is -2.02. The number of aromatic nitrogens is 2. The minimum absolute atomic E-state index is 0.180. The molecule has 6 nitrogen and oxygen atoms in total. The summed E-state index contributed by atoms with van der Waals surface area (Å²) in [6.07, 6.45) is 0. The molecule has 1 aliphatic heterocycles. The van der Waals surface area contributed by atoms with E-state index in [2.05, 4.69) is 15.5 Å². The maximum atomic E-state index is 12.3. The van der Waals surface area contributed by atoms with Crippen molar-refractivity contribution in [2.45, 2.75) is 10.6 Å². The fourth-order valence-electron chi connectivity index (χ4n) is 2.23. The second kappa shape index (κ2) is 7.12. The molecule has 2 aromatic carbocycles. The van der Waals surface area contributed by atoms with Crippen LogP contribution < -0.4 is 14.8 Å². The molecule has 0 unspecified atom stereocenters. The van der Waals surface area contributed by atoms with Crippen LogP contribution in [0.2, 0.25) is 0 Å². The Bertz CT molecular complexity index is 899. The van der Waals surface area contributed by atoms with Crippen LogP contribution in [0.25, 0.3) is 0 Å². The predicted molar refractivity (Wildman–Crippen MR) is 96.4 cm³/mol. The van der Waals surface area contributed by atoms with Gasteiger partial charge in [-0.1, -0.05) is 29.5 Å². The van der Waals surface area contributed by atoms with E-state index in [1.54, 1.807) is 30.0 Å². The number of anilines is 1. The van der Waals surface area contributed by atoms with Crippen LogP contribution in [-0.2, 0) is 5.75 Å². The van der Waals surface area contributed by atoms with Crippen LogP contribution in [0.4, 0.5) is 5.13 Å². The zero-order valence-corrected chi connectivity index (χ0v) is 14.6. The second-order valence-electron chi connectivity index (χ2n) is 5.12. The van der Waals surface area contributed by atoms with Gasteiger partial charge in [0.15, 0.2) is 11.5 Å². The summed E-state index contributed by atoms with van der Waals surface area (Å²) in [6, 6.07) is 15.2. The number of nitrogens with one attached hydrogen (secondary N) is 1. The lowest BCUT2D eigenvalue weighted by atomic mass is 10.2. The van der Waals surface area contributed by atoms with Gasteiger partial charge in [0.1, 0.15) is 5.01 Å². The maximum absolute atomic E-state index is 12.3. The molecule has 0 fully saturated rings. The number of carbonyl (C=O) groups excluding carboxylic acids is 1. The molecule has 0 aliphatic carbocycles. The Balaban J connectivity index is 1.38. The minimum atomic E-state index is -0.253. The molecule has 8 heteroatoms. The van der Waals surface area contributed by atoms with Gasteiger partial charge >= 0.3 is 0 Å². The van der Waals surface area contributed by atoms with Crippen molar-refractivity contribution in [3.8, 4) is 11.5 Å². The molecule has 3 aromatic rings. The highest BCUT2D eigenvalue weighted by Gasteiger charge is 2.17. The van der Waals surface area contributed by atoms with Crippen molar-refractivity contribution in [2.24, 2.45) is 0 Å². The summed E-state index contributed by atoms with van der Waals surface area (Å²) < 4.78 is 10.5. The Morgan fingerprint density at radius 2 is 1.96 bits per heavy atom. The summed E-state index contributed by atoms with van der Waals surface area (Å²) >= 11 is 3.05. The van der Waals surface area contributed by atoms with E-state index in [0.29, 0.717) is 27.9 Å². The molecule has 1 amide bonds. The van der Waals surface area contributed by atoms with E-state index in [-0.39, 0.29) is 12.7 Å². The summed E-state index contributed by atoms with van der Waals surface area (Å²) in [5, 5.41) is 12.3. The number of rotatable bonds is 5. The minimum Gasteiger partial charge on any atom is -0.454 e. The summed E-state index contributed by atoms with van der Waals surface area (Å²) in [4.78, 5) is 13.5. The van der Waals surface area contributed by atoms with Crippen LogP contribution in [-0.4, -0.2) is 22.9 Å². The summed E-state index contributed by atoms with van der Waals surface area (Å²) in [5.41, 5.74) is 0.486. The van der Waals surface area contributed by atoms with E-state index in [4.69, 9.17) is 9.47 Å². The molecular formula is C17H13N3O3S2. The largest absolute Gasteiger partial charge is 0.454 e. The van der Waals surface area contributed by atoms with Gasteiger partial charge in [-0.2, -0.15) is 0 Å². The monoisotopic (exact) mass is 371 g/mol. The predicted octanol–water partition coefficient (Wildman–Crippen LogP) is 3.81. The smallest absolute Gasteiger partial charge is 0.257 e. The summed E-state index contributed by atoms with van der Waals surface area (Å²) in [7, 11) is 0. The number of fused-ring (bicyclic) bond motifs is 1. The van der Waals surface area contributed by atoms with Gasteiger partial charge in [-0.15, -0.1) is 22.0 Å². The number of carbonyl (C=O) groups is 1. The first kappa shape index (κ1) is 15.9. The molecule has 0 radical (unpaired) electrons. The average Bonchev–Trinajstić information content (AvgIpc) is 3.29. The molecule has 1 N–H and O–H groups in total. The fraction of sp³-hybridized carbons (Fsp3) is 0.118. The Labute approximate surface area is 152 Å². The third-order valence-corrected chi connectivity index (χ3v) is 5.47. The van der Waals surface area contributed by atoms with Crippen LogP contribution in [0.15, 0.2) is 53.4 Å². The quantitative estimate of drug-likeness (QED) is 0.688. The molecule has 0 spiro atoms. The van der Waals surface area contributed by atoms with Crippen molar-refractivity contribution in [1.82, 2.24) is 10.2 Å². The number of hydrogen-bond donors (Lipinski definition) is 1. The van der Waals surface area contributed by atoms with Crippen molar-refractivity contribution in [2.75, 3.05) is 12.1 Å². The van der Waals surface area contributed by atoms with Crippen molar-refractivity contribution in [1.29, 1.82) is 0 Å². The fourth-order valence-corrected chi connectivity index (χ4v) is 3.87. The van der Waals surface area contributed by atoms with Gasteiger partial charge in [-0.3, -0.25) is 10.1 Å².